The van der Waals surface area contributed by atoms with E-state index in [9.17, 15) is 8.42 Å². The van der Waals surface area contributed by atoms with E-state index in [1.54, 1.807) is 19.2 Å². The molecule has 0 amide bonds. The molecule has 19 heavy (non-hydrogen) atoms. The Morgan fingerprint density at radius 2 is 2.21 bits per heavy atom. The minimum absolute atomic E-state index is 0.0749. The fourth-order valence-corrected chi connectivity index (χ4v) is 3.62. The van der Waals surface area contributed by atoms with Crippen LogP contribution in [-0.2, 0) is 14.8 Å². The molecule has 1 aromatic rings. The van der Waals surface area contributed by atoms with Gasteiger partial charge in [-0.15, -0.1) is 0 Å². The zero-order chi connectivity index (χ0) is 13.9. The standard InChI is InChI=1S/C13H16N2O3S/c1-18-8-7-15(12-5-6-12)19(16,17)13-4-2-3-11(9-13)10-14/h2-4,9,12H,5-8H2,1H3. The van der Waals surface area contributed by atoms with E-state index < -0.39 is 10.0 Å². The normalized spacial score (nSPS) is 15.4. The lowest BCUT2D eigenvalue weighted by atomic mass is 10.2. The predicted octanol–water partition coefficient (Wildman–Crippen LogP) is 1.36. The number of hydrogen-bond donors (Lipinski definition) is 0. The maximum atomic E-state index is 12.5. The molecular weight excluding hydrogens is 264 g/mol. The summed E-state index contributed by atoms with van der Waals surface area (Å²) in [4.78, 5) is 0.176. The van der Waals surface area contributed by atoms with Gasteiger partial charge in [0, 0.05) is 19.7 Å². The minimum Gasteiger partial charge on any atom is -0.383 e. The minimum atomic E-state index is -3.54. The van der Waals surface area contributed by atoms with E-state index in [0.29, 0.717) is 18.7 Å². The molecule has 102 valence electrons. The molecule has 1 aromatic carbocycles. The number of ether oxygens (including phenoxy) is 1. The van der Waals surface area contributed by atoms with Crippen LogP contribution in [0.5, 0.6) is 0 Å². The molecule has 0 aliphatic heterocycles. The van der Waals surface area contributed by atoms with Gasteiger partial charge >= 0.3 is 0 Å². The lowest BCUT2D eigenvalue weighted by molar-refractivity contribution is 0.177. The van der Waals surface area contributed by atoms with Crippen molar-refractivity contribution in [3.05, 3.63) is 29.8 Å². The Bertz CT molecular complexity index is 588. The summed E-state index contributed by atoms with van der Waals surface area (Å²) in [5.41, 5.74) is 0.351. The van der Waals surface area contributed by atoms with Gasteiger partial charge in [-0.3, -0.25) is 0 Å². The van der Waals surface area contributed by atoms with Gasteiger partial charge in [0.1, 0.15) is 0 Å². The third kappa shape index (κ3) is 3.13. The molecule has 0 spiro atoms. The number of rotatable bonds is 6. The number of benzene rings is 1. The van der Waals surface area contributed by atoms with Gasteiger partial charge in [0.25, 0.3) is 0 Å². The molecule has 1 fully saturated rings. The van der Waals surface area contributed by atoms with Crippen LogP contribution >= 0.6 is 0 Å². The molecular formula is C13H16N2O3S. The third-order valence-corrected chi connectivity index (χ3v) is 4.99. The summed E-state index contributed by atoms with van der Waals surface area (Å²) in [6.07, 6.45) is 1.78. The van der Waals surface area contributed by atoms with Crippen molar-refractivity contribution in [2.24, 2.45) is 0 Å². The monoisotopic (exact) mass is 280 g/mol. The van der Waals surface area contributed by atoms with Gasteiger partial charge in [-0.05, 0) is 31.0 Å². The second kappa shape index (κ2) is 5.70. The number of nitrogens with zero attached hydrogens (tertiary/aromatic N) is 2. The Hall–Kier alpha value is -1.42. The first-order chi connectivity index (χ1) is 9.09. The summed E-state index contributed by atoms with van der Waals surface area (Å²) in [5, 5.41) is 8.85. The number of nitriles is 1. The largest absolute Gasteiger partial charge is 0.383 e. The molecule has 5 nitrogen and oxygen atoms in total. The first-order valence-corrected chi connectivity index (χ1v) is 7.54. The molecule has 0 radical (unpaired) electrons. The average Bonchev–Trinajstić information content (AvgIpc) is 3.23. The van der Waals surface area contributed by atoms with E-state index in [2.05, 4.69) is 0 Å². The Kier molecular flexibility index (Phi) is 4.20. The van der Waals surface area contributed by atoms with E-state index in [-0.39, 0.29) is 10.9 Å². The average molecular weight is 280 g/mol. The molecule has 0 heterocycles. The van der Waals surface area contributed by atoms with Crippen molar-refractivity contribution in [1.82, 2.24) is 4.31 Å². The predicted molar refractivity (Wildman–Crippen MR) is 69.9 cm³/mol. The van der Waals surface area contributed by atoms with E-state index in [1.807, 2.05) is 6.07 Å². The van der Waals surface area contributed by atoms with E-state index in [4.69, 9.17) is 10.00 Å². The number of methoxy groups -OCH3 is 1. The van der Waals surface area contributed by atoms with Crippen molar-refractivity contribution in [2.75, 3.05) is 20.3 Å². The van der Waals surface area contributed by atoms with Crippen LogP contribution in [-0.4, -0.2) is 39.0 Å². The van der Waals surface area contributed by atoms with Crippen LogP contribution in [0.1, 0.15) is 18.4 Å². The second-order valence-electron chi connectivity index (χ2n) is 4.48. The fourth-order valence-electron chi connectivity index (χ4n) is 1.90. The molecule has 0 atom stereocenters. The molecule has 0 unspecified atom stereocenters. The van der Waals surface area contributed by atoms with E-state index in [1.165, 1.54) is 16.4 Å². The second-order valence-corrected chi connectivity index (χ2v) is 6.37. The van der Waals surface area contributed by atoms with Crippen LogP contribution in [0, 0.1) is 11.3 Å². The topological polar surface area (TPSA) is 70.4 Å². The quantitative estimate of drug-likeness (QED) is 0.789. The summed E-state index contributed by atoms with van der Waals surface area (Å²) in [5.74, 6) is 0. The van der Waals surface area contributed by atoms with Crippen molar-refractivity contribution < 1.29 is 13.2 Å². The highest BCUT2D eigenvalue weighted by Crippen LogP contribution is 2.31. The molecule has 6 heteroatoms. The molecule has 0 aromatic heterocycles. The Balaban J connectivity index is 2.30. The highest BCUT2D eigenvalue weighted by atomic mass is 32.2. The van der Waals surface area contributed by atoms with Crippen LogP contribution in [0.25, 0.3) is 0 Å². The first-order valence-electron chi connectivity index (χ1n) is 6.10. The summed E-state index contributed by atoms with van der Waals surface area (Å²) in [7, 11) is -1.99. The summed E-state index contributed by atoms with van der Waals surface area (Å²) >= 11 is 0. The number of sulfonamides is 1. The van der Waals surface area contributed by atoms with E-state index in [0.717, 1.165) is 12.8 Å². The smallest absolute Gasteiger partial charge is 0.243 e. The Morgan fingerprint density at radius 1 is 1.47 bits per heavy atom. The SMILES string of the molecule is COCCN(C1CC1)S(=O)(=O)c1cccc(C#N)c1. The van der Waals surface area contributed by atoms with Crippen molar-refractivity contribution in [1.29, 1.82) is 5.26 Å². The van der Waals surface area contributed by atoms with Gasteiger partial charge in [-0.2, -0.15) is 9.57 Å². The zero-order valence-electron chi connectivity index (χ0n) is 10.7. The lowest BCUT2D eigenvalue weighted by Crippen LogP contribution is -2.35. The summed E-state index contributed by atoms with van der Waals surface area (Å²) < 4.78 is 31.5. The highest BCUT2D eigenvalue weighted by molar-refractivity contribution is 7.89. The Morgan fingerprint density at radius 3 is 2.79 bits per heavy atom. The van der Waals surface area contributed by atoms with Gasteiger partial charge in [-0.1, -0.05) is 6.07 Å². The maximum absolute atomic E-state index is 12.5. The summed E-state index contributed by atoms with van der Waals surface area (Å²) in [6.45, 7) is 0.716. The Labute approximate surface area is 113 Å². The molecule has 1 aliphatic carbocycles. The molecule has 0 N–H and O–H groups in total. The maximum Gasteiger partial charge on any atom is 0.243 e. The van der Waals surface area contributed by atoms with Gasteiger partial charge < -0.3 is 4.74 Å². The number of hydrogen-bond acceptors (Lipinski definition) is 4. The van der Waals surface area contributed by atoms with Gasteiger partial charge in [-0.25, -0.2) is 8.42 Å². The van der Waals surface area contributed by atoms with Crippen LogP contribution in [0.3, 0.4) is 0 Å². The highest BCUT2D eigenvalue weighted by Gasteiger charge is 2.37. The van der Waals surface area contributed by atoms with Crippen LogP contribution in [0.4, 0.5) is 0 Å². The molecule has 1 aliphatic rings. The van der Waals surface area contributed by atoms with Crippen LogP contribution in [0.15, 0.2) is 29.2 Å². The van der Waals surface area contributed by atoms with Crippen molar-refractivity contribution >= 4 is 10.0 Å². The van der Waals surface area contributed by atoms with Crippen LogP contribution in [0.2, 0.25) is 0 Å². The first kappa shape index (κ1) is 14.0. The molecule has 0 bridgehead atoms. The zero-order valence-corrected chi connectivity index (χ0v) is 11.6. The third-order valence-electron chi connectivity index (χ3n) is 3.04. The van der Waals surface area contributed by atoms with Crippen molar-refractivity contribution in [3.63, 3.8) is 0 Å². The lowest BCUT2D eigenvalue weighted by Gasteiger charge is -2.21. The summed E-state index contributed by atoms with van der Waals surface area (Å²) in [6, 6.07) is 8.16. The fraction of sp³-hybridized carbons (Fsp3) is 0.462. The molecule has 1 saturated carbocycles. The van der Waals surface area contributed by atoms with Crippen molar-refractivity contribution in [2.45, 2.75) is 23.8 Å². The molecule has 0 saturated heterocycles. The van der Waals surface area contributed by atoms with Gasteiger partial charge in [0.05, 0.1) is 23.1 Å². The van der Waals surface area contributed by atoms with Gasteiger partial charge in [0.2, 0.25) is 10.0 Å². The molecule has 2 rings (SSSR count). The van der Waals surface area contributed by atoms with Gasteiger partial charge in [0.15, 0.2) is 0 Å². The van der Waals surface area contributed by atoms with E-state index >= 15 is 0 Å². The van der Waals surface area contributed by atoms with Crippen LogP contribution < -0.4 is 0 Å². The van der Waals surface area contributed by atoms with Crippen molar-refractivity contribution in [3.8, 4) is 6.07 Å².